The molecule has 0 aliphatic carbocycles. The summed E-state index contributed by atoms with van der Waals surface area (Å²) in [4.78, 5) is 0. The Morgan fingerprint density at radius 1 is 1.19 bits per heavy atom. The number of nitrogens with two attached hydrogens (primary N) is 1. The van der Waals surface area contributed by atoms with Crippen LogP contribution in [0.2, 0.25) is 0 Å². The quantitative estimate of drug-likeness (QED) is 0.743. The van der Waals surface area contributed by atoms with Crippen LogP contribution in [0.1, 0.15) is 38.3 Å². The molecule has 0 radical (unpaired) electrons. The molecule has 2 N–H and O–H groups in total. The minimum Gasteiger partial charge on any atom is -0.330 e. The second-order valence-corrected chi connectivity index (χ2v) is 3.65. The van der Waals surface area contributed by atoms with Crippen LogP contribution in [0.3, 0.4) is 0 Å². The van der Waals surface area contributed by atoms with E-state index in [1.807, 2.05) is 20.8 Å². The highest BCUT2D eigenvalue weighted by Gasteiger charge is 1.80. The molecule has 0 aliphatic heterocycles. The highest BCUT2D eigenvalue weighted by molar-refractivity contribution is 5.20. The zero-order valence-electron chi connectivity index (χ0n) is 11.5. The van der Waals surface area contributed by atoms with Crippen molar-refractivity contribution in [3.63, 3.8) is 0 Å². The molecule has 0 unspecified atom stereocenters. The first-order chi connectivity index (χ1) is 7.56. The Labute approximate surface area is 101 Å². The highest BCUT2D eigenvalue weighted by Crippen LogP contribution is 2.00. The third-order valence-corrected chi connectivity index (χ3v) is 1.74. The molecule has 0 heterocycles. The van der Waals surface area contributed by atoms with Gasteiger partial charge in [-0.1, -0.05) is 54.8 Å². The molecule has 0 amide bonds. The van der Waals surface area contributed by atoms with E-state index in [1.54, 1.807) is 0 Å². The predicted octanol–water partition coefficient (Wildman–Crippen LogP) is 4.24. The van der Waals surface area contributed by atoms with E-state index in [9.17, 15) is 0 Å². The minimum absolute atomic E-state index is 0.731. The molecule has 0 fully saturated rings. The summed E-state index contributed by atoms with van der Waals surface area (Å²) in [7, 11) is 0. The molecule has 1 aromatic carbocycles. The topological polar surface area (TPSA) is 26.0 Å². The first-order valence-electron chi connectivity index (χ1n) is 5.94. The standard InChI is InChI=1S/C8H10.C5H11N.C2H6/c1-7-4-3-5-8(2)6-7;1-5(2)3-4-6;1-2/h3-6H,1-2H3;1,3-4,6H2,2H3;1-2H3. The van der Waals surface area contributed by atoms with Gasteiger partial charge in [0.1, 0.15) is 0 Å². The summed E-state index contributed by atoms with van der Waals surface area (Å²) in [5.74, 6) is 0. The van der Waals surface area contributed by atoms with Gasteiger partial charge in [0.15, 0.2) is 0 Å². The molecule has 0 saturated carbocycles. The van der Waals surface area contributed by atoms with Gasteiger partial charge in [0.05, 0.1) is 0 Å². The van der Waals surface area contributed by atoms with Gasteiger partial charge in [0.2, 0.25) is 0 Å². The molecule has 0 saturated heterocycles. The van der Waals surface area contributed by atoms with Gasteiger partial charge < -0.3 is 5.73 Å². The number of rotatable bonds is 2. The van der Waals surface area contributed by atoms with Crippen molar-refractivity contribution >= 4 is 0 Å². The van der Waals surface area contributed by atoms with Crippen molar-refractivity contribution in [3.05, 3.63) is 47.5 Å². The summed E-state index contributed by atoms with van der Waals surface area (Å²) >= 11 is 0. The fraction of sp³-hybridized carbons (Fsp3) is 0.467. The van der Waals surface area contributed by atoms with Crippen LogP contribution in [0.25, 0.3) is 0 Å². The first kappa shape index (κ1) is 17.3. The molecule has 0 aromatic heterocycles. The molecule has 92 valence electrons. The van der Waals surface area contributed by atoms with E-state index >= 15 is 0 Å². The van der Waals surface area contributed by atoms with Gasteiger partial charge >= 0.3 is 0 Å². The van der Waals surface area contributed by atoms with Crippen molar-refractivity contribution in [1.82, 2.24) is 0 Å². The Bertz CT molecular complexity index is 259. The van der Waals surface area contributed by atoms with Gasteiger partial charge in [-0.25, -0.2) is 0 Å². The van der Waals surface area contributed by atoms with Crippen LogP contribution in [-0.4, -0.2) is 6.54 Å². The second-order valence-electron chi connectivity index (χ2n) is 3.65. The Balaban J connectivity index is 0. The molecule has 0 bridgehead atoms. The summed E-state index contributed by atoms with van der Waals surface area (Å²) in [6, 6.07) is 8.45. The summed E-state index contributed by atoms with van der Waals surface area (Å²) in [6.45, 7) is 14.6. The molecule has 0 spiro atoms. The zero-order valence-corrected chi connectivity index (χ0v) is 11.5. The molecule has 1 aromatic rings. The van der Waals surface area contributed by atoms with Crippen LogP contribution in [0.4, 0.5) is 0 Å². The van der Waals surface area contributed by atoms with Gasteiger partial charge in [-0.05, 0) is 33.7 Å². The molecule has 0 aliphatic rings. The van der Waals surface area contributed by atoms with Crippen molar-refractivity contribution in [2.45, 2.75) is 41.0 Å². The fourth-order valence-electron chi connectivity index (χ4n) is 1.05. The van der Waals surface area contributed by atoms with Crippen LogP contribution in [0.5, 0.6) is 0 Å². The van der Waals surface area contributed by atoms with Crippen molar-refractivity contribution < 1.29 is 0 Å². The van der Waals surface area contributed by atoms with E-state index in [4.69, 9.17) is 5.73 Å². The van der Waals surface area contributed by atoms with Crippen molar-refractivity contribution in [2.24, 2.45) is 5.73 Å². The van der Waals surface area contributed by atoms with Crippen LogP contribution in [-0.2, 0) is 0 Å². The Morgan fingerprint density at radius 2 is 1.62 bits per heavy atom. The van der Waals surface area contributed by atoms with Crippen molar-refractivity contribution in [3.8, 4) is 0 Å². The average Bonchev–Trinajstić information content (AvgIpc) is 2.21. The predicted molar refractivity (Wildman–Crippen MR) is 75.7 cm³/mol. The monoisotopic (exact) mass is 221 g/mol. The van der Waals surface area contributed by atoms with Crippen molar-refractivity contribution in [1.29, 1.82) is 0 Å². The lowest BCUT2D eigenvalue weighted by Crippen LogP contribution is -1.97. The molecule has 1 nitrogen and oxygen atoms in total. The maximum absolute atomic E-state index is 5.17. The van der Waals surface area contributed by atoms with E-state index in [0.717, 1.165) is 18.5 Å². The number of hydrogen-bond acceptors (Lipinski definition) is 1. The van der Waals surface area contributed by atoms with E-state index < -0.39 is 0 Å². The fourth-order valence-corrected chi connectivity index (χ4v) is 1.05. The average molecular weight is 221 g/mol. The number of benzene rings is 1. The third-order valence-electron chi connectivity index (χ3n) is 1.74. The van der Waals surface area contributed by atoms with Gasteiger partial charge in [-0.2, -0.15) is 0 Å². The number of aryl methyl sites for hydroxylation is 2. The van der Waals surface area contributed by atoms with Gasteiger partial charge in [-0.15, -0.1) is 6.58 Å². The Morgan fingerprint density at radius 3 is 1.75 bits per heavy atom. The van der Waals surface area contributed by atoms with E-state index in [1.165, 1.54) is 11.1 Å². The van der Waals surface area contributed by atoms with E-state index in [2.05, 4.69) is 44.7 Å². The van der Waals surface area contributed by atoms with Crippen LogP contribution in [0, 0.1) is 13.8 Å². The summed E-state index contributed by atoms with van der Waals surface area (Å²) in [6.07, 6.45) is 0.958. The van der Waals surface area contributed by atoms with Crippen molar-refractivity contribution in [2.75, 3.05) is 6.54 Å². The minimum atomic E-state index is 0.731. The van der Waals surface area contributed by atoms with Gasteiger partial charge in [-0.3, -0.25) is 0 Å². The van der Waals surface area contributed by atoms with E-state index in [0.29, 0.717) is 0 Å². The Hall–Kier alpha value is -1.08. The summed E-state index contributed by atoms with van der Waals surface area (Å²) < 4.78 is 0. The molecule has 1 heteroatoms. The lowest BCUT2D eigenvalue weighted by Gasteiger charge is -1.90. The zero-order chi connectivity index (χ0) is 13.0. The lowest BCUT2D eigenvalue weighted by atomic mass is 10.2. The van der Waals surface area contributed by atoms with Crippen LogP contribution >= 0.6 is 0 Å². The molecule has 0 atom stereocenters. The largest absolute Gasteiger partial charge is 0.330 e. The summed E-state index contributed by atoms with van der Waals surface area (Å²) in [5, 5.41) is 0. The molecule has 1 rings (SSSR count). The third kappa shape index (κ3) is 12.9. The first-order valence-corrected chi connectivity index (χ1v) is 5.94. The highest BCUT2D eigenvalue weighted by atomic mass is 14.5. The normalized spacial score (nSPS) is 8.12. The number of hydrogen-bond donors (Lipinski definition) is 1. The molecular weight excluding hydrogens is 194 g/mol. The summed E-state index contributed by atoms with van der Waals surface area (Å²) in [5.41, 5.74) is 9.01. The van der Waals surface area contributed by atoms with Gasteiger partial charge in [0.25, 0.3) is 0 Å². The molecule has 16 heavy (non-hydrogen) atoms. The van der Waals surface area contributed by atoms with E-state index in [-0.39, 0.29) is 0 Å². The second kappa shape index (κ2) is 12.0. The lowest BCUT2D eigenvalue weighted by molar-refractivity contribution is 0.955. The smallest absolute Gasteiger partial charge is 0.00402 e. The maximum atomic E-state index is 5.17. The Kier molecular flexibility index (Phi) is 13.0. The van der Waals surface area contributed by atoms with Gasteiger partial charge in [0, 0.05) is 0 Å². The molecular formula is C15H27N. The SMILES string of the molecule is C=C(C)CCN.CC.Cc1cccc(C)c1. The van der Waals surface area contributed by atoms with Crippen LogP contribution < -0.4 is 5.73 Å². The maximum Gasteiger partial charge on any atom is -0.00402 e. The van der Waals surface area contributed by atoms with Crippen LogP contribution in [0.15, 0.2) is 36.4 Å².